The van der Waals surface area contributed by atoms with E-state index in [4.69, 9.17) is 21.7 Å². The van der Waals surface area contributed by atoms with E-state index in [1.807, 2.05) is 25.1 Å². The van der Waals surface area contributed by atoms with Crippen LogP contribution in [-0.4, -0.2) is 34.8 Å². The summed E-state index contributed by atoms with van der Waals surface area (Å²) in [6.45, 7) is 2.46. The van der Waals surface area contributed by atoms with Crippen molar-refractivity contribution >= 4 is 18.4 Å². The maximum Gasteiger partial charge on any atom is 0.216 e. The summed E-state index contributed by atoms with van der Waals surface area (Å²) in [5.74, 6) is 1.33. The number of nitrogens with one attached hydrogen (secondary N) is 1. The largest absolute Gasteiger partial charge is 0.493 e. The molecule has 1 aromatic heterocycles. The predicted molar refractivity (Wildman–Crippen MR) is 74.6 cm³/mol. The number of para-hydroxylation sites is 1. The van der Waals surface area contributed by atoms with Gasteiger partial charge in [-0.25, -0.2) is 0 Å². The summed E-state index contributed by atoms with van der Waals surface area (Å²) in [6.07, 6.45) is 3.15. The van der Waals surface area contributed by atoms with Gasteiger partial charge in [-0.05, 0) is 31.3 Å². The predicted octanol–water partition coefficient (Wildman–Crippen LogP) is 2.23. The van der Waals surface area contributed by atoms with Gasteiger partial charge in [0.1, 0.15) is 6.33 Å². The molecule has 19 heavy (non-hydrogen) atoms. The molecule has 0 saturated carbocycles. The van der Waals surface area contributed by atoms with Crippen LogP contribution in [0.2, 0.25) is 0 Å². The minimum atomic E-state index is 0.428. The number of benzene rings is 1. The van der Waals surface area contributed by atoms with E-state index in [2.05, 4.69) is 15.3 Å². The molecule has 0 radical (unpaired) electrons. The van der Waals surface area contributed by atoms with E-state index in [0.717, 1.165) is 5.56 Å². The number of hydrogen-bond acceptors (Lipinski definition) is 5. The first-order chi connectivity index (χ1) is 9.26. The number of aromatic nitrogens is 3. The van der Waals surface area contributed by atoms with Crippen molar-refractivity contribution in [2.45, 2.75) is 6.92 Å². The third-order valence-electron chi connectivity index (χ3n) is 2.37. The second kappa shape index (κ2) is 6.14. The first-order valence-electron chi connectivity index (χ1n) is 5.72. The smallest absolute Gasteiger partial charge is 0.216 e. The van der Waals surface area contributed by atoms with Crippen LogP contribution in [0.4, 0.5) is 0 Å². The van der Waals surface area contributed by atoms with E-state index in [1.165, 1.54) is 11.0 Å². The average molecular weight is 278 g/mol. The van der Waals surface area contributed by atoms with Crippen LogP contribution in [-0.2, 0) is 0 Å². The van der Waals surface area contributed by atoms with Crippen molar-refractivity contribution in [2.75, 3.05) is 13.7 Å². The van der Waals surface area contributed by atoms with Gasteiger partial charge in [0.05, 0.1) is 19.9 Å². The Labute approximate surface area is 115 Å². The lowest BCUT2D eigenvalue weighted by atomic mass is 10.2. The molecular formula is C12H14N4O2S. The summed E-state index contributed by atoms with van der Waals surface area (Å²) >= 11 is 5.01. The van der Waals surface area contributed by atoms with E-state index in [9.17, 15) is 0 Å². The Balaban J connectivity index is 2.36. The maximum atomic E-state index is 5.58. The first kappa shape index (κ1) is 13.3. The molecule has 0 aliphatic carbocycles. The van der Waals surface area contributed by atoms with Crippen molar-refractivity contribution in [3.63, 3.8) is 0 Å². The average Bonchev–Trinajstić information content (AvgIpc) is 2.83. The highest BCUT2D eigenvalue weighted by atomic mass is 32.1. The molecule has 1 aromatic carbocycles. The molecule has 0 fully saturated rings. The van der Waals surface area contributed by atoms with Gasteiger partial charge in [0.2, 0.25) is 4.77 Å². The fourth-order valence-corrected chi connectivity index (χ4v) is 1.69. The summed E-state index contributed by atoms with van der Waals surface area (Å²) in [5.41, 5.74) is 0.810. The molecule has 100 valence electrons. The molecule has 6 nitrogen and oxygen atoms in total. The highest BCUT2D eigenvalue weighted by Crippen LogP contribution is 2.29. The molecule has 0 bridgehead atoms. The molecular weight excluding hydrogens is 264 g/mol. The molecule has 1 heterocycles. The third-order valence-corrected chi connectivity index (χ3v) is 2.65. The van der Waals surface area contributed by atoms with Crippen LogP contribution < -0.4 is 9.47 Å². The van der Waals surface area contributed by atoms with Gasteiger partial charge in [0, 0.05) is 5.56 Å². The topological polar surface area (TPSA) is 64.4 Å². The molecule has 0 spiro atoms. The Morgan fingerprint density at radius 3 is 3.00 bits per heavy atom. The van der Waals surface area contributed by atoms with Crippen LogP contribution in [0.1, 0.15) is 12.5 Å². The summed E-state index contributed by atoms with van der Waals surface area (Å²) in [4.78, 5) is 0. The molecule has 7 heteroatoms. The Hall–Kier alpha value is -2.15. The van der Waals surface area contributed by atoms with Crippen LogP contribution in [0, 0.1) is 4.77 Å². The number of rotatable bonds is 5. The lowest BCUT2D eigenvalue weighted by Gasteiger charge is -2.11. The number of aromatic amines is 1. The van der Waals surface area contributed by atoms with Crippen LogP contribution in [0.25, 0.3) is 0 Å². The molecule has 2 aromatic rings. The van der Waals surface area contributed by atoms with Gasteiger partial charge in [0.15, 0.2) is 11.5 Å². The summed E-state index contributed by atoms with van der Waals surface area (Å²) in [5, 5.41) is 10.6. The molecule has 0 aliphatic rings. The van der Waals surface area contributed by atoms with E-state index in [1.54, 1.807) is 13.3 Å². The molecule has 1 N–H and O–H groups in total. The number of H-pyrrole nitrogens is 1. The Morgan fingerprint density at radius 1 is 1.53 bits per heavy atom. The molecule has 0 amide bonds. The summed E-state index contributed by atoms with van der Waals surface area (Å²) in [6, 6.07) is 5.60. The Morgan fingerprint density at radius 2 is 2.37 bits per heavy atom. The zero-order valence-corrected chi connectivity index (χ0v) is 11.5. The zero-order chi connectivity index (χ0) is 13.7. The number of nitrogens with zero attached hydrogens (tertiary/aromatic N) is 3. The lowest BCUT2D eigenvalue weighted by Crippen LogP contribution is -2.00. The second-order valence-corrected chi connectivity index (χ2v) is 3.95. The fourth-order valence-electron chi connectivity index (χ4n) is 1.54. The number of ether oxygens (including phenoxy) is 2. The zero-order valence-electron chi connectivity index (χ0n) is 10.7. The van der Waals surface area contributed by atoms with Crippen LogP contribution in [0.3, 0.4) is 0 Å². The molecule has 0 atom stereocenters. The van der Waals surface area contributed by atoms with Gasteiger partial charge in [-0.15, -0.1) is 0 Å². The van der Waals surface area contributed by atoms with E-state index < -0.39 is 0 Å². The number of methoxy groups -OCH3 is 1. The minimum Gasteiger partial charge on any atom is -0.493 e. The third kappa shape index (κ3) is 3.00. The van der Waals surface area contributed by atoms with E-state index in [0.29, 0.717) is 22.9 Å². The SMILES string of the molecule is CCOc1c(/C=N\n2cn[nH]c2=S)cccc1OC. The quantitative estimate of drug-likeness (QED) is 0.673. The van der Waals surface area contributed by atoms with Gasteiger partial charge in [-0.2, -0.15) is 14.9 Å². The normalized spacial score (nSPS) is 10.8. The van der Waals surface area contributed by atoms with Crippen molar-refractivity contribution in [2.24, 2.45) is 5.10 Å². The molecule has 2 rings (SSSR count). The van der Waals surface area contributed by atoms with Crippen LogP contribution in [0.15, 0.2) is 29.6 Å². The van der Waals surface area contributed by atoms with Crippen molar-refractivity contribution in [3.05, 3.63) is 34.9 Å². The standard InChI is InChI=1S/C12H14N4O2S/c1-3-18-11-9(5-4-6-10(11)17-2)7-14-16-8-13-15-12(16)19/h4-8H,3H2,1-2H3,(H,15,19)/b14-7-. The highest BCUT2D eigenvalue weighted by molar-refractivity contribution is 7.71. The van der Waals surface area contributed by atoms with Crippen LogP contribution in [0.5, 0.6) is 11.5 Å². The minimum absolute atomic E-state index is 0.428. The number of hydrogen-bond donors (Lipinski definition) is 1. The van der Waals surface area contributed by atoms with E-state index in [-0.39, 0.29) is 0 Å². The van der Waals surface area contributed by atoms with Gasteiger partial charge in [-0.3, -0.25) is 5.10 Å². The van der Waals surface area contributed by atoms with Gasteiger partial charge in [-0.1, -0.05) is 6.07 Å². The Bertz CT molecular complexity index is 633. The van der Waals surface area contributed by atoms with Gasteiger partial charge < -0.3 is 9.47 Å². The van der Waals surface area contributed by atoms with Gasteiger partial charge >= 0.3 is 0 Å². The molecule has 0 saturated heterocycles. The highest BCUT2D eigenvalue weighted by Gasteiger charge is 2.08. The monoisotopic (exact) mass is 278 g/mol. The van der Waals surface area contributed by atoms with Crippen LogP contribution >= 0.6 is 12.2 Å². The second-order valence-electron chi connectivity index (χ2n) is 3.56. The molecule has 0 unspecified atom stereocenters. The summed E-state index contributed by atoms with van der Waals surface area (Å²) in [7, 11) is 1.60. The Kier molecular flexibility index (Phi) is 4.30. The van der Waals surface area contributed by atoms with Crippen molar-refractivity contribution in [3.8, 4) is 11.5 Å². The van der Waals surface area contributed by atoms with Crippen molar-refractivity contribution < 1.29 is 9.47 Å². The maximum absolute atomic E-state index is 5.58. The van der Waals surface area contributed by atoms with Crippen molar-refractivity contribution in [1.29, 1.82) is 0 Å². The van der Waals surface area contributed by atoms with E-state index >= 15 is 0 Å². The fraction of sp³-hybridized carbons (Fsp3) is 0.250. The van der Waals surface area contributed by atoms with Crippen molar-refractivity contribution in [1.82, 2.24) is 14.9 Å². The first-order valence-corrected chi connectivity index (χ1v) is 6.13. The summed E-state index contributed by atoms with van der Waals surface area (Å²) < 4.78 is 12.7. The lowest BCUT2D eigenvalue weighted by molar-refractivity contribution is 0.310. The van der Waals surface area contributed by atoms with Gasteiger partial charge in [0.25, 0.3) is 0 Å². The molecule has 0 aliphatic heterocycles.